The third-order valence-corrected chi connectivity index (χ3v) is 3.60. The summed E-state index contributed by atoms with van der Waals surface area (Å²) in [5.41, 5.74) is 1.71. The highest BCUT2D eigenvalue weighted by molar-refractivity contribution is 7.80. The van der Waals surface area contributed by atoms with Crippen molar-refractivity contribution in [3.63, 3.8) is 0 Å². The largest absolute Gasteiger partial charge is 0.494 e. The average molecular weight is 371 g/mol. The van der Waals surface area contributed by atoms with Crippen LogP contribution in [-0.2, 0) is 0 Å². The van der Waals surface area contributed by atoms with E-state index in [1.165, 1.54) is 0 Å². The van der Waals surface area contributed by atoms with Gasteiger partial charge in [-0.05, 0) is 74.6 Å². The molecule has 3 N–H and O–H groups in total. The first-order valence-electron chi connectivity index (χ1n) is 8.27. The van der Waals surface area contributed by atoms with Gasteiger partial charge in [0.05, 0.1) is 6.61 Å². The van der Waals surface area contributed by atoms with Crippen LogP contribution in [0.1, 0.15) is 34.6 Å². The third-order valence-electron chi connectivity index (χ3n) is 3.40. The first-order chi connectivity index (χ1) is 12.5. The number of rotatable bonds is 6. The van der Waals surface area contributed by atoms with E-state index in [2.05, 4.69) is 16.0 Å². The quantitative estimate of drug-likeness (QED) is 0.681. The fourth-order valence-corrected chi connectivity index (χ4v) is 2.38. The van der Waals surface area contributed by atoms with Gasteiger partial charge in [-0.2, -0.15) is 0 Å². The second-order valence-electron chi connectivity index (χ2n) is 5.30. The highest BCUT2D eigenvalue weighted by Crippen LogP contribution is 2.12. The molecule has 0 heterocycles. The van der Waals surface area contributed by atoms with Crippen molar-refractivity contribution in [3.8, 4) is 5.75 Å². The Morgan fingerprint density at radius 3 is 2.08 bits per heavy atom. The highest BCUT2D eigenvalue weighted by atomic mass is 32.1. The molecular formula is C19H21N3O3S. The molecule has 2 rings (SSSR count). The molecule has 0 aromatic heterocycles. The van der Waals surface area contributed by atoms with Gasteiger partial charge in [0.25, 0.3) is 11.8 Å². The molecule has 0 saturated heterocycles. The van der Waals surface area contributed by atoms with Gasteiger partial charge in [0.1, 0.15) is 5.75 Å². The van der Waals surface area contributed by atoms with E-state index in [-0.39, 0.29) is 16.9 Å². The minimum atomic E-state index is -0.315. The summed E-state index contributed by atoms with van der Waals surface area (Å²) in [6.07, 6.45) is 0. The lowest BCUT2D eigenvalue weighted by atomic mass is 10.2. The predicted octanol–water partition coefficient (Wildman–Crippen LogP) is 2.96. The zero-order valence-corrected chi connectivity index (χ0v) is 15.5. The zero-order valence-electron chi connectivity index (χ0n) is 14.7. The maximum absolute atomic E-state index is 12.2. The summed E-state index contributed by atoms with van der Waals surface area (Å²) < 4.78 is 5.34. The van der Waals surface area contributed by atoms with Gasteiger partial charge in [-0.1, -0.05) is 0 Å². The molecule has 0 radical (unpaired) electrons. The van der Waals surface area contributed by atoms with Crippen LogP contribution in [-0.4, -0.2) is 30.1 Å². The molecule has 2 aromatic carbocycles. The number of anilines is 1. The Labute approximate surface area is 157 Å². The Morgan fingerprint density at radius 1 is 0.923 bits per heavy atom. The lowest BCUT2D eigenvalue weighted by molar-refractivity contribution is 0.0953. The number of benzene rings is 2. The van der Waals surface area contributed by atoms with E-state index >= 15 is 0 Å². The molecule has 6 nitrogen and oxygen atoms in total. The topological polar surface area (TPSA) is 79.5 Å². The lowest BCUT2D eigenvalue weighted by Crippen LogP contribution is -2.34. The average Bonchev–Trinajstić information content (AvgIpc) is 2.63. The van der Waals surface area contributed by atoms with E-state index in [1.54, 1.807) is 48.5 Å². The standard InChI is InChI=1S/C19H21N3O3S/c1-3-20-17(23)13-5-9-15(10-6-13)21-19(26)22-18(24)14-7-11-16(12-8-14)25-4-2/h5-12H,3-4H2,1-2H3,(H,20,23)(H2,21,22,24,26). The minimum Gasteiger partial charge on any atom is -0.494 e. The van der Waals surface area contributed by atoms with E-state index < -0.39 is 0 Å². The maximum Gasteiger partial charge on any atom is 0.257 e. The molecule has 7 heteroatoms. The summed E-state index contributed by atoms with van der Waals surface area (Å²) in [7, 11) is 0. The van der Waals surface area contributed by atoms with Gasteiger partial charge >= 0.3 is 0 Å². The van der Waals surface area contributed by atoms with Gasteiger partial charge in [0.15, 0.2) is 5.11 Å². The molecule has 0 spiro atoms. The van der Waals surface area contributed by atoms with Crippen LogP contribution >= 0.6 is 12.2 Å². The van der Waals surface area contributed by atoms with Crippen LogP contribution < -0.4 is 20.7 Å². The smallest absolute Gasteiger partial charge is 0.257 e. The molecule has 0 aliphatic carbocycles. The van der Waals surface area contributed by atoms with Crippen molar-refractivity contribution in [2.45, 2.75) is 13.8 Å². The molecule has 2 amide bonds. The third kappa shape index (κ3) is 5.56. The molecule has 0 atom stereocenters. The molecule has 0 unspecified atom stereocenters. The first kappa shape index (κ1) is 19.4. The van der Waals surface area contributed by atoms with Crippen molar-refractivity contribution < 1.29 is 14.3 Å². The van der Waals surface area contributed by atoms with Crippen molar-refractivity contribution >= 4 is 34.8 Å². The van der Waals surface area contributed by atoms with Crippen molar-refractivity contribution in [1.29, 1.82) is 0 Å². The number of thiocarbonyl (C=S) groups is 1. The second kappa shape index (κ2) is 9.53. The van der Waals surface area contributed by atoms with Crippen molar-refractivity contribution in [3.05, 3.63) is 59.7 Å². The van der Waals surface area contributed by atoms with Gasteiger partial charge in [0.2, 0.25) is 0 Å². The Bertz CT molecular complexity index is 774. The van der Waals surface area contributed by atoms with E-state index in [0.29, 0.717) is 35.7 Å². The summed E-state index contributed by atoms with van der Waals surface area (Å²) in [6.45, 7) is 4.89. The van der Waals surface area contributed by atoms with Gasteiger partial charge in [-0.3, -0.25) is 14.9 Å². The normalized spacial score (nSPS) is 9.92. The van der Waals surface area contributed by atoms with Gasteiger partial charge in [-0.25, -0.2) is 0 Å². The Morgan fingerprint density at radius 2 is 1.50 bits per heavy atom. The van der Waals surface area contributed by atoms with Crippen molar-refractivity contribution in [2.24, 2.45) is 0 Å². The van der Waals surface area contributed by atoms with Gasteiger partial charge in [0, 0.05) is 23.4 Å². The van der Waals surface area contributed by atoms with Crippen LogP contribution in [0.4, 0.5) is 5.69 Å². The van der Waals surface area contributed by atoms with Crippen LogP contribution in [0.5, 0.6) is 5.75 Å². The summed E-state index contributed by atoms with van der Waals surface area (Å²) in [5, 5.41) is 8.43. The molecule has 0 aliphatic rings. The number of hydrogen-bond acceptors (Lipinski definition) is 4. The van der Waals surface area contributed by atoms with Gasteiger partial charge < -0.3 is 15.4 Å². The van der Waals surface area contributed by atoms with Crippen LogP contribution in [0.25, 0.3) is 0 Å². The molecule has 136 valence electrons. The number of amides is 2. The summed E-state index contributed by atoms with van der Waals surface area (Å²) in [5.74, 6) is 0.256. The fraction of sp³-hybridized carbons (Fsp3) is 0.211. The number of nitrogens with one attached hydrogen (secondary N) is 3. The summed E-state index contributed by atoms with van der Waals surface area (Å²) in [6, 6.07) is 13.6. The molecule has 0 bridgehead atoms. The van der Waals surface area contributed by atoms with E-state index in [4.69, 9.17) is 17.0 Å². The van der Waals surface area contributed by atoms with E-state index in [9.17, 15) is 9.59 Å². The monoisotopic (exact) mass is 371 g/mol. The highest BCUT2D eigenvalue weighted by Gasteiger charge is 2.09. The van der Waals surface area contributed by atoms with Crippen molar-refractivity contribution in [1.82, 2.24) is 10.6 Å². The van der Waals surface area contributed by atoms with Crippen LogP contribution in [0.15, 0.2) is 48.5 Å². The van der Waals surface area contributed by atoms with Crippen LogP contribution in [0, 0.1) is 0 Å². The number of hydrogen-bond donors (Lipinski definition) is 3. The van der Waals surface area contributed by atoms with Crippen LogP contribution in [0.2, 0.25) is 0 Å². The molecule has 26 heavy (non-hydrogen) atoms. The number of ether oxygens (including phenoxy) is 1. The molecule has 0 saturated carbocycles. The van der Waals surface area contributed by atoms with E-state index in [1.807, 2.05) is 13.8 Å². The molecular weight excluding hydrogens is 350 g/mol. The first-order valence-corrected chi connectivity index (χ1v) is 8.67. The molecule has 0 fully saturated rings. The van der Waals surface area contributed by atoms with Crippen LogP contribution in [0.3, 0.4) is 0 Å². The number of carbonyl (C=O) groups is 2. The predicted molar refractivity (Wildman–Crippen MR) is 106 cm³/mol. The summed E-state index contributed by atoms with van der Waals surface area (Å²) in [4.78, 5) is 23.9. The van der Waals surface area contributed by atoms with Gasteiger partial charge in [-0.15, -0.1) is 0 Å². The molecule has 0 aliphatic heterocycles. The minimum absolute atomic E-state index is 0.134. The second-order valence-corrected chi connectivity index (χ2v) is 5.71. The number of carbonyl (C=O) groups excluding carboxylic acids is 2. The Kier molecular flexibility index (Phi) is 7.11. The maximum atomic E-state index is 12.2. The summed E-state index contributed by atoms with van der Waals surface area (Å²) >= 11 is 5.16. The zero-order chi connectivity index (χ0) is 18.9. The SMILES string of the molecule is CCNC(=O)c1ccc(NC(=S)NC(=O)c2ccc(OCC)cc2)cc1. The van der Waals surface area contributed by atoms with E-state index in [0.717, 1.165) is 0 Å². The lowest BCUT2D eigenvalue weighted by Gasteiger charge is -2.10. The fourth-order valence-electron chi connectivity index (χ4n) is 2.17. The van der Waals surface area contributed by atoms with Crippen molar-refractivity contribution in [2.75, 3.05) is 18.5 Å². The Hall–Kier alpha value is -2.93. The Balaban J connectivity index is 1.91. The molecule has 2 aromatic rings.